The standard InChI is InChI=1S/C14H27N3/c1-3-13-8-4-6-10-17(13)11-7-5-9-14(2,16)12-15/h13H,3-11,16H2,1-2H3. The first-order valence-corrected chi connectivity index (χ1v) is 7.03. The zero-order valence-electron chi connectivity index (χ0n) is 11.4. The quantitative estimate of drug-likeness (QED) is 0.723. The molecular weight excluding hydrogens is 210 g/mol. The first-order valence-electron chi connectivity index (χ1n) is 7.03. The van der Waals surface area contributed by atoms with Crippen LogP contribution in [-0.2, 0) is 0 Å². The van der Waals surface area contributed by atoms with E-state index < -0.39 is 5.54 Å². The average molecular weight is 237 g/mol. The summed E-state index contributed by atoms with van der Waals surface area (Å²) in [6, 6.07) is 2.96. The summed E-state index contributed by atoms with van der Waals surface area (Å²) in [7, 11) is 0. The van der Waals surface area contributed by atoms with Crippen LogP contribution in [0, 0.1) is 11.3 Å². The molecule has 2 atom stereocenters. The summed E-state index contributed by atoms with van der Waals surface area (Å²) >= 11 is 0. The lowest BCUT2D eigenvalue weighted by Crippen LogP contribution is -2.40. The van der Waals surface area contributed by atoms with Gasteiger partial charge in [0.05, 0.1) is 6.07 Å². The molecule has 0 aromatic rings. The summed E-state index contributed by atoms with van der Waals surface area (Å²) in [5.41, 5.74) is 5.18. The molecule has 98 valence electrons. The van der Waals surface area contributed by atoms with Crippen LogP contribution in [0.4, 0.5) is 0 Å². The van der Waals surface area contributed by atoms with E-state index >= 15 is 0 Å². The molecule has 17 heavy (non-hydrogen) atoms. The summed E-state index contributed by atoms with van der Waals surface area (Å²) in [6.07, 6.45) is 8.43. The van der Waals surface area contributed by atoms with Crippen molar-refractivity contribution >= 4 is 0 Å². The Hall–Kier alpha value is -0.590. The molecule has 0 aromatic carbocycles. The van der Waals surface area contributed by atoms with E-state index in [1.54, 1.807) is 0 Å². The fraction of sp³-hybridized carbons (Fsp3) is 0.929. The fourth-order valence-electron chi connectivity index (χ4n) is 2.68. The van der Waals surface area contributed by atoms with Crippen LogP contribution in [0.1, 0.15) is 58.8 Å². The van der Waals surface area contributed by atoms with Crippen molar-refractivity contribution in [1.29, 1.82) is 5.26 Å². The molecule has 1 fully saturated rings. The summed E-state index contributed by atoms with van der Waals surface area (Å²) in [5, 5.41) is 8.84. The van der Waals surface area contributed by atoms with Gasteiger partial charge in [0.2, 0.25) is 0 Å². The highest BCUT2D eigenvalue weighted by atomic mass is 15.2. The van der Waals surface area contributed by atoms with Crippen molar-refractivity contribution in [3.8, 4) is 6.07 Å². The van der Waals surface area contributed by atoms with Gasteiger partial charge in [-0.15, -0.1) is 0 Å². The third kappa shape index (κ3) is 5.06. The van der Waals surface area contributed by atoms with Crippen LogP contribution in [0.2, 0.25) is 0 Å². The molecule has 0 radical (unpaired) electrons. The van der Waals surface area contributed by atoms with Crippen molar-refractivity contribution in [2.45, 2.75) is 70.4 Å². The Morgan fingerprint density at radius 3 is 2.82 bits per heavy atom. The number of piperidine rings is 1. The average Bonchev–Trinajstić information content (AvgIpc) is 2.35. The van der Waals surface area contributed by atoms with Crippen molar-refractivity contribution in [3.63, 3.8) is 0 Å². The van der Waals surface area contributed by atoms with E-state index in [1.165, 1.54) is 45.2 Å². The van der Waals surface area contributed by atoms with E-state index in [-0.39, 0.29) is 0 Å². The van der Waals surface area contributed by atoms with Crippen molar-refractivity contribution in [3.05, 3.63) is 0 Å². The lowest BCUT2D eigenvalue weighted by atomic mass is 9.96. The molecule has 0 aliphatic carbocycles. The third-order valence-corrected chi connectivity index (χ3v) is 3.87. The molecular formula is C14H27N3. The van der Waals surface area contributed by atoms with Crippen molar-refractivity contribution < 1.29 is 0 Å². The first-order chi connectivity index (χ1) is 8.09. The molecule has 0 aromatic heterocycles. The molecule has 1 rings (SSSR count). The highest BCUT2D eigenvalue weighted by molar-refractivity contribution is 5.00. The first kappa shape index (κ1) is 14.5. The zero-order valence-corrected chi connectivity index (χ0v) is 11.4. The Labute approximate surface area is 106 Å². The Bertz CT molecular complexity index is 255. The van der Waals surface area contributed by atoms with Crippen LogP contribution in [0.25, 0.3) is 0 Å². The third-order valence-electron chi connectivity index (χ3n) is 3.87. The van der Waals surface area contributed by atoms with Gasteiger partial charge in [0.25, 0.3) is 0 Å². The number of hydrogen-bond donors (Lipinski definition) is 1. The molecule has 0 bridgehead atoms. The highest BCUT2D eigenvalue weighted by Crippen LogP contribution is 2.20. The summed E-state index contributed by atoms with van der Waals surface area (Å²) in [4.78, 5) is 2.63. The van der Waals surface area contributed by atoms with Gasteiger partial charge < -0.3 is 10.6 Å². The summed E-state index contributed by atoms with van der Waals surface area (Å²) in [6.45, 7) is 6.55. The molecule has 0 saturated carbocycles. The van der Waals surface area contributed by atoms with Crippen molar-refractivity contribution in [2.24, 2.45) is 5.73 Å². The molecule has 2 unspecified atom stereocenters. The van der Waals surface area contributed by atoms with Gasteiger partial charge in [-0.05, 0) is 58.5 Å². The molecule has 1 saturated heterocycles. The van der Waals surface area contributed by atoms with Gasteiger partial charge in [0.1, 0.15) is 5.54 Å². The Balaban J connectivity index is 2.19. The van der Waals surface area contributed by atoms with Crippen LogP contribution < -0.4 is 5.73 Å². The maximum Gasteiger partial charge on any atom is 0.101 e. The van der Waals surface area contributed by atoms with Crippen LogP contribution >= 0.6 is 0 Å². The minimum atomic E-state index is -0.633. The topological polar surface area (TPSA) is 53.0 Å². The number of nitrogens with two attached hydrogens (primary N) is 1. The second-order valence-corrected chi connectivity index (χ2v) is 5.58. The summed E-state index contributed by atoms with van der Waals surface area (Å²) < 4.78 is 0. The molecule has 1 aliphatic heterocycles. The number of nitrogens with zero attached hydrogens (tertiary/aromatic N) is 2. The van der Waals surface area contributed by atoms with Gasteiger partial charge in [-0.3, -0.25) is 0 Å². The SMILES string of the molecule is CCC1CCCCN1CCCCC(C)(N)C#N. The molecule has 3 nitrogen and oxygen atoms in total. The van der Waals surface area contributed by atoms with Gasteiger partial charge in [0.15, 0.2) is 0 Å². The number of likely N-dealkylation sites (tertiary alicyclic amines) is 1. The lowest BCUT2D eigenvalue weighted by molar-refractivity contribution is 0.141. The molecule has 1 aliphatic rings. The molecule has 0 amide bonds. The van der Waals surface area contributed by atoms with Crippen LogP contribution in [0.3, 0.4) is 0 Å². The fourth-order valence-corrected chi connectivity index (χ4v) is 2.68. The summed E-state index contributed by atoms with van der Waals surface area (Å²) in [5.74, 6) is 0. The smallest absolute Gasteiger partial charge is 0.101 e. The minimum Gasteiger partial charge on any atom is -0.314 e. The molecule has 2 N–H and O–H groups in total. The van der Waals surface area contributed by atoms with Gasteiger partial charge in [0, 0.05) is 6.04 Å². The van der Waals surface area contributed by atoms with Gasteiger partial charge in [-0.2, -0.15) is 5.26 Å². The number of nitriles is 1. The molecule has 0 spiro atoms. The largest absolute Gasteiger partial charge is 0.314 e. The van der Waals surface area contributed by atoms with E-state index in [9.17, 15) is 0 Å². The second-order valence-electron chi connectivity index (χ2n) is 5.58. The second kappa shape index (κ2) is 6.98. The lowest BCUT2D eigenvalue weighted by Gasteiger charge is -2.35. The van der Waals surface area contributed by atoms with E-state index in [2.05, 4.69) is 17.9 Å². The van der Waals surface area contributed by atoms with Gasteiger partial charge in [-0.1, -0.05) is 13.3 Å². The monoisotopic (exact) mass is 237 g/mol. The van der Waals surface area contributed by atoms with E-state index in [4.69, 9.17) is 11.0 Å². The van der Waals surface area contributed by atoms with Crippen molar-refractivity contribution in [2.75, 3.05) is 13.1 Å². The van der Waals surface area contributed by atoms with E-state index in [0.717, 1.165) is 18.9 Å². The highest BCUT2D eigenvalue weighted by Gasteiger charge is 2.21. The number of rotatable bonds is 6. The normalized spacial score (nSPS) is 25.2. The van der Waals surface area contributed by atoms with Gasteiger partial charge >= 0.3 is 0 Å². The predicted molar refractivity (Wildman–Crippen MR) is 71.6 cm³/mol. The maximum absolute atomic E-state index is 8.84. The Kier molecular flexibility index (Phi) is 5.94. The van der Waals surface area contributed by atoms with Crippen molar-refractivity contribution in [1.82, 2.24) is 4.90 Å². The maximum atomic E-state index is 8.84. The molecule has 1 heterocycles. The van der Waals surface area contributed by atoms with Gasteiger partial charge in [-0.25, -0.2) is 0 Å². The molecule has 3 heteroatoms. The van der Waals surface area contributed by atoms with E-state index in [0.29, 0.717) is 0 Å². The Morgan fingerprint density at radius 2 is 2.18 bits per heavy atom. The zero-order chi connectivity index (χ0) is 12.7. The minimum absolute atomic E-state index is 0.633. The number of unbranched alkanes of at least 4 members (excludes halogenated alkanes) is 1. The Morgan fingerprint density at radius 1 is 1.41 bits per heavy atom. The number of hydrogen-bond acceptors (Lipinski definition) is 3. The van der Waals surface area contributed by atoms with Crippen LogP contribution in [0.15, 0.2) is 0 Å². The van der Waals surface area contributed by atoms with Crippen LogP contribution in [0.5, 0.6) is 0 Å². The predicted octanol–water partition coefficient (Wildman–Crippen LogP) is 2.66. The van der Waals surface area contributed by atoms with Crippen LogP contribution in [-0.4, -0.2) is 29.6 Å². The van der Waals surface area contributed by atoms with E-state index in [1.807, 2.05) is 6.92 Å².